The predicted molar refractivity (Wildman–Crippen MR) is 81.3 cm³/mol. The minimum atomic E-state index is -0.651. The van der Waals surface area contributed by atoms with Gasteiger partial charge in [0, 0.05) is 12.3 Å². The van der Waals surface area contributed by atoms with Crippen molar-refractivity contribution in [2.24, 2.45) is 0 Å². The Balaban J connectivity index is 1.80. The summed E-state index contributed by atoms with van der Waals surface area (Å²) in [5, 5.41) is 2.65. The number of aryl methyl sites for hydroxylation is 1. The summed E-state index contributed by atoms with van der Waals surface area (Å²) in [5.74, 6) is 0.105. The number of carbonyl (C=O) groups excluding carboxylic acids is 2. The van der Waals surface area contributed by atoms with Gasteiger partial charge in [-0.1, -0.05) is 11.6 Å². The second kappa shape index (κ2) is 7.42. The summed E-state index contributed by atoms with van der Waals surface area (Å²) in [6, 6.07) is 6.71. The first-order valence-corrected chi connectivity index (χ1v) is 6.74. The average Bonchev–Trinajstić information content (AvgIpc) is 2.91. The summed E-state index contributed by atoms with van der Waals surface area (Å²) in [5.41, 5.74) is 0.354. The molecule has 6 nitrogen and oxygen atoms in total. The maximum Gasteiger partial charge on any atom is 0.331 e. The quantitative estimate of drug-likeness (QED) is 0.520. The van der Waals surface area contributed by atoms with E-state index in [1.165, 1.54) is 18.3 Å². The van der Waals surface area contributed by atoms with E-state index in [0.29, 0.717) is 11.4 Å². The minimum absolute atomic E-state index is 0.162. The number of anilines is 1. The molecular formula is C15H13ClN2O4. The van der Waals surface area contributed by atoms with Gasteiger partial charge in [0.15, 0.2) is 11.8 Å². The fourth-order valence-electron chi connectivity index (χ4n) is 1.54. The minimum Gasteiger partial charge on any atom is -0.462 e. The predicted octanol–water partition coefficient (Wildman–Crippen LogP) is 2.83. The molecular weight excluding hydrogens is 308 g/mol. The van der Waals surface area contributed by atoms with Crippen LogP contribution in [0.2, 0.25) is 5.15 Å². The van der Waals surface area contributed by atoms with E-state index in [1.807, 2.05) is 0 Å². The number of ether oxygens (including phenoxy) is 1. The fraction of sp³-hybridized carbons (Fsp3) is 0.133. The third kappa shape index (κ3) is 4.75. The van der Waals surface area contributed by atoms with Crippen LogP contribution in [-0.2, 0) is 14.3 Å². The van der Waals surface area contributed by atoms with Crippen LogP contribution in [0.5, 0.6) is 0 Å². The Morgan fingerprint density at radius 3 is 2.91 bits per heavy atom. The molecule has 2 heterocycles. The summed E-state index contributed by atoms with van der Waals surface area (Å²) in [6.45, 7) is 1.37. The zero-order valence-corrected chi connectivity index (χ0v) is 12.5. The lowest BCUT2D eigenvalue weighted by molar-refractivity contribution is -0.142. The van der Waals surface area contributed by atoms with Gasteiger partial charge in [0.25, 0.3) is 5.91 Å². The third-order valence-electron chi connectivity index (χ3n) is 2.52. The molecule has 2 aromatic rings. The monoisotopic (exact) mass is 320 g/mol. The topological polar surface area (TPSA) is 81.4 Å². The van der Waals surface area contributed by atoms with Gasteiger partial charge >= 0.3 is 5.97 Å². The first-order chi connectivity index (χ1) is 10.5. The van der Waals surface area contributed by atoms with Crippen molar-refractivity contribution in [2.75, 3.05) is 11.9 Å². The van der Waals surface area contributed by atoms with E-state index >= 15 is 0 Å². The zero-order chi connectivity index (χ0) is 15.9. The number of furan rings is 1. The summed E-state index contributed by atoms with van der Waals surface area (Å²) >= 11 is 5.80. The maximum atomic E-state index is 11.6. The van der Waals surface area contributed by atoms with Crippen molar-refractivity contribution in [2.45, 2.75) is 6.92 Å². The molecule has 0 spiro atoms. The number of nitrogens with zero attached hydrogens (tertiary/aromatic N) is 1. The average molecular weight is 321 g/mol. The largest absolute Gasteiger partial charge is 0.462 e. The summed E-state index contributed by atoms with van der Waals surface area (Å²) in [6.07, 6.45) is 4.15. The molecule has 1 N–H and O–H groups in total. The van der Waals surface area contributed by atoms with Crippen molar-refractivity contribution in [3.05, 3.63) is 53.2 Å². The molecule has 0 atom stereocenters. The Labute approximate surface area is 131 Å². The highest BCUT2D eigenvalue weighted by Crippen LogP contribution is 2.17. The molecule has 7 heteroatoms. The van der Waals surface area contributed by atoms with Crippen LogP contribution in [0, 0.1) is 6.92 Å². The first-order valence-electron chi connectivity index (χ1n) is 6.36. The highest BCUT2D eigenvalue weighted by atomic mass is 35.5. The molecule has 0 aromatic carbocycles. The van der Waals surface area contributed by atoms with Crippen molar-refractivity contribution in [3.8, 4) is 0 Å². The Hall–Kier alpha value is -2.60. The van der Waals surface area contributed by atoms with Gasteiger partial charge in [-0.05, 0) is 37.3 Å². The smallest absolute Gasteiger partial charge is 0.331 e. The van der Waals surface area contributed by atoms with Gasteiger partial charge in [-0.3, -0.25) is 4.79 Å². The van der Waals surface area contributed by atoms with Gasteiger partial charge in [-0.25, -0.2) is 9.78 Å². The number of pyridine rings is 1. The lowest BCUT2D eigenvalue weighted by atomic mass is 10.4. The van der Waals surface area contributed by atoms with E-state index in [-0.39, 0.29) is 5.15 Å². The van der Waals surface area contributed by atoms with E-state index in [1.54, 1.807) is 31.2 Å². The molecule has 2 rings (SSSR count). The summed E-state index contributed by atoms with van der Waals surface area (Å²) in [7, 11) is 0. The van der Waals surface area contributed by atoms with Crippen LogP contribution >= 0.6 is 11.6 Å². The SMILES string of the molecule is Cc1ccc(/C=C/C(=O)OCC(=O)Nc2cccnc2Cl)o1. The summed E-state index contributed by atoms with van der Waals surface area (Å²) < 4.78 is 10.1. The van der Waals surface area contributed by atoms with E-state index in [2.05, 4.69) is 10.3 Å². The van der Waals surface area contributed by atoms with Crippen LogP contribution in [0.4, 0.5) is 5.69 Å². The lowest BCUT2D eigenvalue weighted by Gasteiger charge is -2.06. The van der Waals surface area contributed by atoms with E-state index in [4.69, 9.17) is 20.8 Å². The second-order valence-electron chi connectivity index (χ2n) is 4.28. The van der Waals surface area contributed by atoms with E-state index < -0.39 is 18.5 Å². The number of hydrogen-bond acceptors (Lipinski definition) is 5. The number of aromatic nitrogens is 1. The first kappa shape index (κ1) is 15.8. The van der Waals surface area contributed by atoms with Crippen molar-refractivity contribution >= 4 is 35.2 Å². The van der Waals surface area contributed by atoms with Crippen LogP contribution in [0.3, 0.4) is 0 Å². The summed E-state index contributed by atoms with van der Waals surface area (Å²) in [4.78, 5) is 26.9. The second-order valence-corrected chi connectivity index (χ2v) is 4.64. The number of rotatable bonds is 5. The van der Waals surface area contributed by atoms with E-state index in [0.717, 1.165) is 5.76 Å². The molecule has 0 saturated heterocycles. The number of amides is 1. The molecule has 1 amide bonds. The molecule has 114 valence electrons. The number of esters is 1. The fourth-order valence-corrected chi connectivity index (χ4v) is 1.71. The van der Waals surface area contributed by atoms with Gasteiger partial charge in [0.05, 0.1) is 5.69 Å². The van der Waals surface area contributed by atoms with Gasteiger partial charge < -0.3 is 14.5 Å². The van der Waals surface area contributed by atoms with Crippen LogP contribution < -0.4 is 5.32 Å². The molecule has 0 aliphatic carbocycles. The van der Waals surface area contributed by atoms with Crippen molar-refractivity contribution in [1.82, 2.24) is 4.98 Å². The lowest BCUT2D eigenvalue weighted by Crippen LogP contribution is -2.20. The number of hydrogen-bond donors (Lipinski definition) is 1. The van der Waals surface area contributed by atoms with Crippen molar-refractivity contribution in [1.29, 1.82) is 0 Å². The molecule has 2 aromatic heterocycles. The third-order valence-corrected chi connectivity index (χ3v) is 2.82. The van der Waals surface area contributed by atoms with Crippen molar-refractivity contribution in [3.63, 3.8) is 0 Å². The van der Waals surface area contributed by atoms with Gasteiger partial charge in [-0.15, -0.1) is 0 Å². The zero-order valence-electron chi connectivity index (χ0n) is 11.7. The van der Waals surface area contributed by atoms with Gasteiger partial charge in [0.1, 0.15) is 11.5 Å². The Morgan fingerprint density at radius 1 is 1.41 bits per heavy atom. The van der Waals surface area contributed by atoms with Gasteiger partial charge in [0.2, 0.25) is 0 Å². The van der Waals surface area contributed by atoms with Crippen LogP contribution in [0.1, 0.15) is 11.5 Å². The molecule has 0 bridgehead atoms. The molecule has 0 fully saturated rings. The number of carbonyl (C=O) groups is 2. The van der Waals surface area contributed by atoms with E-state index in [9.17, 15) is 9.59 Å². The van der Waals surface area contributed by atoms with Crippen LogP contribution in [0.15, 0.2) is 41.0 Å². The van der Waals surface area contributed by atoms with Crippen molar-refractivity contribution < 1.29 is 18.7 Å². The molecule has 0 radical (unpaired) electrons. The number of halogens is 1. The maximum absolute atomic E-state index is 11.6. The standard InChI is InChI=1S/C15H13ClN2O4/c1-10-4-5-11(22-10)6-7-14(20)21-9-13(19)18-12-3-2-8-17-15(12)16/h2-8H,9H2,1H3,(H,18,19)/b7-6+. The molecule has 0 unspecified atom stereocenters. The normalized spacial score (nSPS) is 10.6. The molecule has 0 aliphatic rings. The highest BCUT2D eigenvalue weighted by Gasteiger charge is 2.08. The Kier molecular flexibility index (Phi) is 5.32. The number of nitrogens with one attached hydrogen (secondary N) is 1. The highest BCUT2D eigenvalue weighted by molar-refractivity contribution is 6.32. The molecule has 0 aliphatic heterocycles. The Bertz CT molecular complexity index is 709. The van der Waals surface area contributed by atoms with Crippen LogP contribution in [-0.4, -0.2) is 23.5 Å². The molecule has 0 saturated carbocycles. The molecule has 22 heavy (non-hydrogen) atoms. The van der Waals surface area contributed by atoms with Gasteiger partial charge in [-0.2, -0.15) is 0 Å². The Morgan fingerprint density at radius 2 is 2.23 bits per heavy atom. The van der Waals surface area contributed by atoms with Crippen LogP contribution in [0.25, 0.3) is 6.08 Å².